The van der Waals surface area contributed by atoms with Crippen molar-refractivity contribution in [3.63, 3.8) is 0 Å². The van der Waals surface area contributed by atoms with Gasteiger partial charge in [0.05, 0.1) is 6.61 Å². The molecule has 1 fully saturated rings. The predicted molar refractivity (Wildman–Crippen MR) is 92.9 cm³/mol. The number of halogens is 3. The van der Waals surface area contributed by atoms with E-state index >= 15 is 0 Å². The van der Waals surface area contributed by atoms with Crippen LogP contribution in [0.25, 0.3) is 0 Å². The number of carbonyl (C=O) groups is 1. The third-order valence-electron chi connectivity index (χ3n) is 4.64. The van der Waals surface area contributed by atoms with Crippen molar-refractivity contribution in [1.29, 1.82) is 0 Å². The topological polar surface area (TPSA) is 69.5 Å². The molecule has 1 aliphatic heterocycles. The van der Waals surface area contributed by atoms with Crippen molar-refractivity contribution in [2.45, 2.75) is 31.7 Å². The van der Waals surface area contributed by atoms with E-state index in [1.54, 1.807) is 18.3 Å². The summed E-state index contributed by atoms with van der Waals surface area (Å²) in [6.07, 6.45) is -1.03. The van der Waals surface area contributed by atoms with Crippen LogP contribution in [0.15, 0.2) is 30.6 Å². The number of piperidine rings is 1. The Bertz CT molecular complexity index is 801. The van der Waals surface area contributed by atoms with Gasteiger partial charge in [-0.2, -0.15) is 0 Å². The van der Waals surface area contributed by atoms with Gasteiger partial charge >= 0.3 is 6.36 Å². The molecule has 1 amide bonds. The first-order valence-corrected chi connectivity index (χ1v) is 8.90. The lowest BCUT2D eigenvalue weighted by Gasteiger charge is -2.33. The van der Waals surface area contributed by atoms with Crippen molar-refractivity contribution in [1.82, 2.24) is 19.7 Å². The van der Waals surface area contributed by atoms with E-state index in [-0.39, 0.29) is 17.5 Å². The van der Waals surface area contributed by atoms with Crippen LogP contribution in [0.3, 0.4) is 0 Å². The molecule has 1 saturated heterocycles. The van der Waals surface area contributed by atoms with Crippen LogP contribution in [0.4, 0.5) is 13.2 Å². The summed E-state index contributed by atoms with van der Waals surface area (Å²) in [7, 11) is 1.62. The normalized spacial score (nSPS) is 15.6. The van der Waals surface area contributed by atoms with E-state index in [2.05, 4.69) is 14.9 Å². The second-order valence-corrected chi connectivity index (χ2v) is 6.50. The molecular formula is C18H21F3N4O3. The second kappa shape index (κ2) is 8.59. The Balaban J connectivity index is 1.61. The number of hydrogen-bond donors (Lipinski definition) is 0. The van der Waals surface area contributed by atoms with Gasteiger partial charge in [0.1, 0.15) is 17.9 Å². The van der Waals surface area contributed by atoms with Crippen LogP contribution in [0, 0.1) is 0 Å². The average molecular weight is 398 g/mol. The molecule has 1 aliphatic rings. The van der Waals surface area contributed by atoms with Gasteiger partial charge in [-0.15, -0.1) is 23.4 Å². The minimum absolute atomic E-state index is 0.172. The van der Waals surface area contributed by atoms with Gasteiger partial charge in [0.25, 0.3) is 5.91 Å². The number of alkyl halides is 3. The quantitative estimate of drug-likeness (QED) is 0.749. The summed E-state index contributed by atoms with van der Waals surface area (Å²) in [6.45, 7) is 1.54. The van der Waals surface area contributed by atoms with Crippen molar-refractivity contribution in [3.8, 4) is 5.75 Å². The van der Waals surface area contributed by atoms with Crippen LogP contribution >= 0.6 is 0 Å². The highest BCUT2D eigenvalue weighted by Gasteiger charge is 2.32. The van der Waals surface area contributed by atoms with Crippen LogP contribution in [0.5, 0.6) is 5.75 Å². The van der Waals surface area contributed by atoms with Gasteiger partial charge in [-0.3, -0.25) is 4.79 Å². The van der Waals surface area contributed by atoms with Crippen molar-refractivity contribution >= 4 is 5.91 Å². The SMILES string of the molecule is COCCc1nncn1C1CCN(C(=O)c2cccc(OC(F)(F)F)c2)CC1. The van der Waals surface area contributed by atoms with Crippen molar-refractivity contribution < 1.29 is 27.4 Å². The highest BCUT2D eigenvalue weighted by atomic mass is 19.4. The zero-order chi connectivity index (χ0) is 20.1. The lowest BCUT2D eigenvalue weighted by atomic mass is 10.0. The van der Waals surface area contributed by atoms with Crippen LogP contribution < -0.4 is 4.74 Å². The molecule has 0 spiro atoms. The second-order valence-electron chi connectivity index (χ2n) is 6.50. The molecule has 10 heteroatoms. The molecule has 7 nitrogen and oxygen atoms in total. The van der Waals surface area contributed by atoms with E-state index in [4.69, 9.17) is 4.74 Å². The molecule has 0 aliphatic carbocycles. The monoisotopic (exact) mass is 398 g/mol. The van der Waals surface area contributed by atoms with Gasteiger partial charge in [0.2, 0.25) is 0 Å². The van der Waals surface area contributed by atoms with Gasteiger partial charge < -0.3 is 18.9 Å². The molecule has 152 valence electrons. The molecule has 0 unspecified atom stereocenters. The maximum atomic E-state index is 12.7. The first kappa shape index (κ1) is 20.1. The van der Waals surface area contributed by atoms with Crippen LogP contribution in [-0.4, -0.2) is 58.7 Å². The van der Waals surface area contributed by atoms with E-state index in [1.807, 2.05) is 4.57 Å². The maximum Gasteiger partial charge on any atom is 0.573 e. The molecule has 0 saturated carbocycles. The molecule has 0 bridgehead atoms. The van der Waals surface area contributed by atoms with Crippen molar-refractivity contribution in [2.24, 2.45) is 0 Å². The molecule has 2 aromatic rings. The fraction of sp³-hybridized carbons (Fsp3) is 0.500. The first-order valence-electron chi connectivity index (χ1n) is 8.90. The van der Waals surface area contributed by atoms with E-state index in [0.29, 0.717) is 39.0 Å². The molecule has 1 aromatic heterocycles. The molecule has 28 heavy (non-hydrogen) atoms. The van der Waals surface area contributed by atoms with E-state index in [0.717, 1.165) is 11.9 Å². The number of rotatable bonds is 6. The zero-order valence-corrected chi connectivity index (χ0v) is 15.4. The number of carbonyl (C=O) groups excluding carboxylic acids is 1. The molecule has 2 heterocycles. The number of aromatic nitrogens is 3. The Morgan fingerprint density at radius 1 is 1.29 bits per heavy atom. The number of nitrogens with zero attached hydrogens (tertiary/aromatic N) is 4. The van der Waals surface area contributed by atoms with Gasteiger partial charge in [-0.25, -0.2) is 0 Å². The Labute approximate surface area is 160 Å². The molecule has 0 atom stereocenters. The summed E-state index contributed by atoms with van der Waals surface area (Å²) < 4.78 is 48.1. The summed E-state index contributed by atoms with van der Waals surface area (Å²) in [5.41, 5.74) is 0.172. The van der Waals surface area contributed by atoms with Crippen molar-refractivity contribution in [2.75, 3.05) is 26.8 Å². The van der Waals surface area contributed by atoms with Gasteiger partial charge in [-0.1, -0.05) is 6.07 Å². The van der Waals surface area contributed by atoms with E-state index in [1.165, 1.54) is 18.2 Å². The van der Waals surface area contributed by atoms with E-state index < -0.39 is 12.1 Å². The maximum absolute atomic E-state index is 12.7. The van der Waals surface area contributed by atoms with Gasteiger partial charge in [0, 0.05) is 38.2 Å². The Kier molecular flexibility index (Phi) is 6.18. The van der Waals surface area contributed by atoms with Gasteiger partial charge in [-0.05, 0) is 31.0 Å². The first-order chi connectivity index (χ1) is 13.4. The van der Waals surface area contributed by atoms with Crippen LogP contribution in [0.2, 0.25) is 0 Å². The lowest BCUT2D eigenvalue weighted by Crippen LogP contribution is -2.39. The average Bonchev–Trinajstić information content (AvgIpc) is 3.13. The Morgan fingerprint density at radius 2 is 2.04 bits per heavy atom. The standard InChI is InChI=1S/C18H21F3N4O3/c1-27-10-7-16-23-22-12-25(16)14-5-8-24(9-6-14)17(26)13-3-2-4-15(11-13)28-18(19,20)21/h2-4,11-12,14H,5-10H2,1H3. The van der Waals surface area contributed by atoms with Gasteiger partial charge in [0.15, 0.2) is 0 Å². The summed E-state index contributed by atoms with van der Waals surface area (Å²) in [5.74, 6) is 0.124. The predicted octanol–water partition coefficient (Wildman–Crippen LogP) is 2.84. The number of methoxy groups -OCH3 is 1. The summed E-state index contributed by atoms with van der Waals surface area (Å²) >= 11 is 0. The molecular weight excluding hydrogens is 377 g/mol. The number of ether oxygens (including phenoxy) is 2. The molecule has 0 N–H and O–H groups in total. The summed E-state index contributed by atoms with van der Waals surface area (Å²) in [4.78, 5) is 14.3. The van der Waals surface area contributed by atoms with Crippen LogP contribution in [-0.2, 0) is 11.2 Å². The largest absolute Gasteiger partial charge is 0.573 e. The summed E-state index contributed by atoms with van der Waals surface area (Å²) in [5, 5.41) is 8.08. The number of benzene rings is 1. The molecule has 1 aromatic carbocycles. The van der Waals surface area contributed by atoms with Crippen LogP contribution in [0.1, 0.15) is 35.1 Å². The Morgan fingerprint density at radius 3 is 2.71 bits per heavy atom. The lowest BCUT2D eigenvalue weighted by molar-refractivity contribution is -0.274. The zero-order valence-electron chi connectivity index (χ0n) is 15.4. The van der Waals surface area contributed by atoms with Crippen molar-refractivity contribution in [3.05, 3.63) is 42.0 Å². The number of hydrogen-bond acceptors (Lipinski definition) is 5. The third-order valence-corrected chi connectivity index (χ3v) is 4.64. The Hall–Kier alpha value is -2.62. The molecule has 0 radical (unpaired) electrons. The third kappa shape index (κ3) is 5.00. The fourth-order valence-corrected chi connectivity index (χ4v) is 3.30. The van der Waals surface area contributed by atoms with E-state index in [9.17, 15) is 18.0 Å². The minimum Gasteiger partial charge on any atom is -0.406 e. The smallest absolute Gasteiger partial charge is 0.406 e. The minimum atomic E-state index is -4.79. The highest BCUT2D eigenvalue weighted by molar-refractivity contribution is 5.94. The summed E-state index contributed by atoms with van der Waals surface area (Å²) in [6, 6.07) is 5.32. The fourth-order valence-electron chi connectivity index (χ4n) is 3.30. The number of likely N-dealkylation sites (tertiary alicyclic amines) is 1. The highest BCUT2D eigenvalue weighted by Crippen LogP contribution is 2.27. The number of amides is 1. The molecule has 3 rings (SSSR count).